The smallest absolute Gasteiger partial charge is 0.344 e. The highest BCUT2D eigenvalue weighted by atomic mass is 16.5. The first-order chi connectivity index (χ1) is 14.6. The fraction of sp³-hybridized carbons (Fsp3) is 0.350. The van der Waals surface area contributed by atoms with Crippen LogP contribution in [0, 0.1) is 6.92 Å². The minimum Gasteiger partial charge on any atom is -0.455 e. The molecule has 10 nitrogen and oxygen atoms in total. The number of esters is 1. The summed E-state index contributed by atoms with van der Waals surface area (Å²) in [5, 5.41) is 11.9. The van der Waals surface area contributed by atoms with Gasteiger partial charge in [-0.15, -0.1) is 5.10 Å². The molecule has 3 aromatic rings. The lowest BCUT2D eigenvalue weighted by Gasteiger charge is -2.26. The monoisotopic (exact) mass is 411 g/mol. The highest BCUT2D eigenvalue weighted by Gasteiger charge is 2.23. The van der Waals surface area contributed by atoms with E-state index in [4.69, 9.17) is 14.0 Å². The van der Waals surface area contributed by atoms with Crippen LogP contribution in [-0.2, 0) is 27.4 Å². The van der Waals surface area contributed by atoms with Gasteiger partial charge in [0.1, 0.15) is 35.9 Å². The Morgan fingerprint density at radius 3 is 2.70 bits per heavy atom. The molecule has 0 N–H and O–H groups in total. The van der Waals surface area contributed by atoms with E-state index in [1.54, 1.807) is 18.0 Å². The number of aryl methyl sites for hydroxylation is 1. The summed E-state index contributed by atoms with van der Waals surface area (Å²) in [5.74, 6) is -0.246. The maximum Gasteiger partial charge on any atom is 0.344 e. The molecule has 0 unspecified atom stereocenters. The Morgan fingerprint density at radius 2 is 1.93 bits per heavy atom. The van der Waals surface area contributed by atoms with Gasteiger partial charge in [-0.3, -0.25) is 4.79 Å². The Hall–Kier alpha value is -3.53. The zero-order chi connectivity index (χ0) is 20.9. The number of aromatic nitrogens is 4. The fourth-order valence-corrected chi connectivity index (χ4v) is 3.15. The van der Waals surface area contributed by atoms with Gasteiger partial charge < -0.3 is 18.9 Å². The number of hydrogen-bond donors (Lipinski definition) is 0. The second-order valence-electron chi connectivity index (χ2n) is 6.81. The summed E-state index contributed by atoms with van der Waals surface area (Å²) >= 11 is 0. The average Bonchev–Trinajstić information content (AvgIpc) is 3.39. The van der Waals surface area contributed by atoms with E-state index >= 15 is 0 Å². The Bertz CT molecular complexity index is 1020. The van der Waals surface area contributed by atoms with Crippen LogP contribution in [0.1, 0.15) is 21.8 Å². The van der Waals surface area contributed by atoms with Crippen LogP contribution in [0.3, 0.4) is 0 Å². The van der Waals surface area contributed by atoms with Gasteiger partial charge in [-0.05, 0) is 6.92 Å². The first-order valence-electron chi connectivity index (χ1n) is 9.55. The first-order valence-corrected chi connectivity index (χ1v) is 9.55. The predicted octanol–water partition coefficient (Wildman–Crippen LogP) is 1.46. The molecule has 1 aliphatic heterocycles. The molecule has 1 amide bonds. The van der Waals surface area contributed by atoms with Crippen molar-refractivity contribution >= 4 is 11.9 Å². The largest absolute Gasteiger partial charge is 0.455 e. The standard InChI is InChI=1S/C20H21N5O5/c1-14-18(19(22-30-14)15-5-3-2-4-6-15)20(27)29-13-16-11-25(23-21-16)12-17(26)24-7-9-28-10-8-24/h2-6,11H,7-10,12-13H2,1H3. The van der Waals surface area contributed by atoms with E-state index < -0.39 is 5.97 Å². The molecular formula is C20H21N5O5. The number of nitrogens with zero attached hydrogens (tertiary/aromatic N) is 5. The van der Waals surface area contributed by atoms with Gasteiger partial charge in [0.25, 0.3) is 0 Å². The highest BCUT2D eigenvalue weighted by molar-refractivity contribution is 5.97. The van der Waals surface area contributed by atoms with Crippen LogP contribution in [0.2, 0.25) is 0 Å². The lowest BCUT2D eigenvalue weighted by atomic mass is 10.1. The Kier molecular flexibility index (Phi) is 5.84. The molecule has 3 heterocycles. The Balaban J connectivity index is 1.37. The van der Waals surface area contributed by atoms with E-state index in [1.165, 1.54) is 4.68 Å². The molecule has 1 saturated heterocycles. The summed E-state index contributed by atoms with van der Waals surface area (Å²) in [6, 6.07) is 9.26. The van der Waals surface area contributed by atoms with Crippen molar-refractivity contribution in [3.8, 4) is 11.3 Å². The van der Waals surface area contributed by atoms with E-state index in [0.29, 0.717) is 43.5 Å². The molecule has 0 spiro atoms. The normalized spacial score (nSPS) is 14.0. The molecule has 10 heteroatoms. The summed E-state index contributed by atoms with van der Waals surface area (Å²) in [5.41, 5.74) is 1.90. The SMILES string of the molecule is Cc1onc(-c2ccccc2)c1C(=O)OCc1cn(CC(=O)N2CCOCC2)nn1. The van der Waals surface area contributed by atoms with Crippen LogP contribution in [0.25, 0.3) is 11.3 Å². The number of hydrogen-bond acceptors (Lipinski definition) is 8. The quantitative estimate of drug-likeness (QED) is 0.560. The molecule has 1 aliphatic rings. The number of carbonyl (C=O) groups excluding carboxylic acids is 2. The third-order valence-electron chi connectivity index (χ3n) is 4.71. The van der Waals surface area contributed by atoms with Crippen molar-refractivity contribution in [1.29, 1.82) is 0 Å². The van der Waals surface area contributed by atoms with E-state index in [1.807, 2.05) is 30.3 Å². The van der Waals surface area contributed by atoms with Crippen LogP contribution in [-0.4, -0.2) is 63.2 Å². The van der Waals surface area contributed by atoms with Crippen molar-refractivity contribution < 1.29 is 23.6 Å². The van der Waals surface area contributed by atoms with Gasteiger partial charge in [0, 0.05) is 18.7 Å². The molecule has 156 valence electrons. The molecule has 1 fully saturated rings. The minimum absolute atomic E-state index is 0.0562. The summed E-state index contributed by atoms with van der Waals surface area (Å²) in [7, 11) is 0. The van der Waals surface area contributed by atoms with Gasteiger partial charge in [-0.1, -0.05) is 40.7 Å². The summed E-state index contributed by atoms with van der Waals surface area (Å²) in [4.78, 5) is 26.6. The molecule has 30 heavy (non-hydrogen) atoms. The molecular weight excluding hydrogens is 390 g/mol. The minimum atomic E-state index is -0.563. The zero-order valence-electron chi connectivity index (χ0n) is 16.5. The molecule has 0 atom stereocenters. The summed E-state index contributed by atoms with van der Waals surface area (Å²) < 4.78 is 17.3. The Labute approximate surface area is 172 Å². The number of ether oxygens (including phenoxy) is 2. The average molecular weight is 411 g/mol. The van der Waals surface area contributed by atoms with Crippen LogP contribution < -0.4 is 0 Å². The van der Waals surface area contributed by atoms with Crippen molar-refractivity contribution in [2.45, 2.75) is 20.1 Å². The Morgan fingerprint density at radius 1 is 1.17 bits per heavy atom. The molecule has 0 aliphatic carbocycles. The van der Waals surface area contributed by atoms with E-state index in [9.17, 15) is 9.59 Å². The molecule has 0 saturated carbocycles. The van der Waals surface area contributed by atoms with Crippen LogP contribution >= 0.6 is 0 Å². The van der Waals surface area contributed by atoms with Gasteiger partial charge in [-0.25, -0.2) is 9.48 Å². The highest BCUT2D eigenvalue weighted by Crippen LogP contribution is 2.25. The van der Waals surface area contributed by atoms with Crippen LogP contribution in [0.5, 0.6) is 0 Å². The van der Waals surface area contributed by atoms with Gasteiger partial charge in [-0.2, -0.15) is 0 Å². The fourth-order valence-electron chi connectivity index (χ4n) is 3.15. The molecule has 2 aromatic heterocycles. The molecule has 0 radical (unpaired) electrons. The van der Waals surface area contributed by atoms with Crippen LogP contribution in [0.4, 0.5) is 0 Å². The van der Waals surface area contributed by atoms with Crippen molar-refractivity contribution in [3.63, 3.8) is 0 Å². The topological polar surface area (TPSA) is 113 Å². The van der Waals surface area contributed by atoms with Crippen molar-refractivity contribution in [2.24, 2.45) is 0 Å². The zero-order valence-corrected chi connectivity index (χ0v) is 16.5. The van der Waals surface area contributed by atoms with Gasteiger partial charge in [0.05, 0.1) is 19.4 Å². The third kappa shape index (κ3) is 4.38. The number of morpholine rings is 1. The second kappa shape index (κ2) is 8.87. The predicted molar refractivity (Wildman–Crippen MR) is 103 cm³/mol. The van der Waals surface area contributed by atoms with E-state index in [-0.39, 0.29) is 24.6 Å². The molecule has 4 rings (SSSR count). The number of rotatable bonds is 6. The summed E-state index contributed by atoms with van der Waals surface area (Å²) in [6.45, 7) is 3.87. The van der Waals surface area contributed by atoms with Crippen molar-refractivity contribution in [2.75, 3.05) is 26.3 Å². The second-order valence-corrected chi connectivity index (χ2v) is 6.81. The lowest BCUT2D eigenvalue weighted by Crippen LogP contribution is -2.42. The first kappa shape index (κ1) is 19.8. The van der Waals surface area contributed by atoms with Crippen molar-refractivity contribution in [1.82, 2.24) is 25.1 Å². The maximum absolute atomic E-state index is 12.6. The number of amides is 1. The molecule has 0 bridgehead atoms. The molecule has 1 aromatic carbocycles. The van der Waals surface area contributed by atoms with Crippen molar-refractivity contribution in [3.05, 3.63) is 53.5 Å². The maximum atomic E-state index is 12.6. The van der Waals surface area contributed by atoms with Gasteiger partial charge in [0.2, 0.25) is 5.91 Å². The van der Waals surface area contributed by atoms with Gasteiger partial charge >= 0.3 is 5.97 Å². The lowest BCUT2D eigenvalue weighted by molar-refractivity contribution is -0.136. The van der Waals surface area contributed by atoms with E-state index in [0.717, 1.165) is 5.56 Å². The summed E-state index contributed by atoms with van der Waals surface area (Å²) in [6.07, 6.45) is 1.59. The number of benzene rings is 1. The van der Waals surface area contributed by atoms with Crippen LogP contribution in [0.15, 0.2) is 41.1 Å². The third-order valence-corrected chi connectivity index (χ3v) is 4.71. The number of carbonyl (C=O) groups is 2. The van der Waals surface area contributed by atoms with E-state index in [2.05, 4.69) is 15.5 Å². The van der Waals surface area contributed by atoms with Gasteiger partial charge in [0.15, 0.2) is 0 Å².